The molecule has 0 aromatic heterocycles. The normalized spacial score (nSPS) is 12.4. The number of benzene rings is 2. The number of halogens is 1. The van der Waals surface area contributed by atoms with E-state index in [1.54, 1.807) is 0 Å². The van der Waals surface area contributed by atoms with E-state index in [0.29, 0.717) is 0 Å². The number of aryl methyl sites for hydroxylation is 1. The van der Waals surface area contributed by atoms with Gasteiger partial charge in [0.05, 0.1) is 0 Å². The van der Waals surface area contributed by atoms with Crippen molar-refractivity contribution >= 4 is 15.9 Å². The molecule has 0 saturated carbocycles. The molecule has 1 unspecified atom stereocenters. The predicted octanol–water partition coefficient (Wildman–Crippen LogP) is 3.84. The van der Waals surface area contributed by atoms with E-state index < -0.39 is 6.10 Å². The average Bonchev–Trinajstić information content (AvgIpc) is 2.30. The minimum Gasteiger partial charge on any atom is -0.384 e. The maximum atomic E-state index is 10.2. The third kappa shape index (κ3) is 2.52. The standard InChI is InChI=1S/C14H13BrO/c1-10-2-4-11(5-3-10)14(16)12-6-8-13(15)9-7-12/h2-9,14,16H,1H3. The number of hydrogen-bond acceptors (Lipinski definition) is 1. The number of aliphatic hydroxyl groups excluding tert-OH is 1. The molecule has 0 aliphatic carbocycles. The zero-order chi connectivity index (χ0) is 11.5. The molecule has 0 saturated heterocycles. The van der Waals surface area contributed by atoms with Gasteiger partial charge >= 0.3 is 0 Å². The summed E-state index contributed by atoms with van der Waals surface area (Å²) in [6.07, 6.45) is -0.548. The molecular formula is C14H13BrO. The van der Waals surface area contributed by atoms with E-state index in [-0.39, 0.29) is 0 Å². The van der Waals surface area contributed by atoms with Gasteiger partial charge in [-0.25, -0.2) is 0 Å². The highest BCUT2D eigenvalue weighted by molar-refractivity contribution is 9.10. The monoisotopic (exact) mass is 276 g/mol. The van der Waals surface area contributed by atoms with E-state index in [2.05, 4.69) is 15.9 Å². The summed E-state index contributed by atoms with van der Waals surface area (Å²) in [7, 11) is 0. The van der Waals surface area contributed by atoms with E-state index in [4.69, 9.17) is 0 Å². The third-order valence-electron chi connectivity index (χ3n) is 2.58. The second-order valence-electron chi connectivity index (χ2n) is 3.86. The van der Waals surface area contributed by atoms with Crippen LogP contribution in [0.1, 0.15) is 22.8 Å². The van der Waals surface area contributed by atoms with Crippen LogP contribution in [0.4, 0.5) is 0 Å². The Labute approximate surface area is 104 Å². The van der Waals surface area contributed by atoms with E-state index in [0.717, 1.165) is 15.6 Å². The van der Waals surface area contributed by atoms with Crippen molar-refractivity contribution in [3.8, 4) is 0 Å². The molecule has 0 radical (unpaired) electrons. The van der Waals surface area contributed by atoms with Crippen molar-refractivity contribution in [3.63, 3.8) is 0 Å². The van der Waals surface area contributed by atoms with Gasteiger partial charge in [0.2, 0.25) is 0 Å². The Morgan fingerprint density at radius 1 is 0.875 bits per heavy atom. The van der Waals surface area contributed by atoms with Gasteiger partial charge in [0.25, 0.3) is 0 Å². The lowest BCUT2D eigenvalue weighted by molar-refractivity contribution is 0.220. The molecule has 1 N–H and O–H groups in total. The van der Waals surface area contributed by atoms with Crippen molar-refractivity contribution in [2.75, 3.05) is 0 Å². The average molecular weight is 277 g/mol. The van der Waals surface area contributed by atoms with Gasteiger partial charge < -0.3 is 5.11 Å². The molecule has 2 rings (SSSR count). The SMILES string of the molecule is Cc1ccc(C(O)c2ccc(Br)cc2)cc1. The first-order chi connectivity index (χ1) is 7.66. The molecule has 0 bridgehead atoms. The molecule has 0 aliphatic heterocycles. The van der Waals surface area contributed by atoms with Crippen LogP contribution < -0.4 is 0 Å². The zero-order valence-corrected chi connectivity index (χ0v) is 10.6. The first-order valence-electron chi connectivity index (χ1n) is 5.17. The van der Waals surface area contributed by atoms with E-state index in [1.165, 1.54) is 5.56 Å². The zero-order valence-electron chi connectivity index (χ0n) is 9.02. The molecule has 1 nitrogen and oxygen atoms in total. The van der Waals surface area contributed by atoms with Crippen LogP contribution in [0, 0.1) is 6.92 Å². The quantitative estimate of drug-likeness (QED) is 0.884. The summed E-state index contributed by atoms with van der Waals surface area (Å²) in [5, 5.41) is 10.2. The maximum Gasteiger partial charge on any atom is 0.104 e. The number of rotatable bonds is 2. The lowest BCUT2D eigenvalue weighted by atomic mass is 10.0. The van der Waals surface area contributed by atoms with Crippen LogP contribution in [0.5, 0.6) is 0 Å². The predicted molar refractivity (Wildman–Crippen MR) is 69.4 cm³/mol. The molecule has 2 aromatic carbocycles. The highest BCUT2D eigenvalue weighted by atomic mass is 79.9. The Kier molecular flexibility index (Phi) is 3.42. The summed E-state index contributed by atoms with van der Waals surface area (Å²) in [6, 6.07) is 15.7. The van der Waals surface area contributed by atoms with Crippen molar-refractivity contribution in [1.29, 1.82) is 0 Å². The van der Waals surface area contributed by atoms with Crippen molar-refractivity contribution in [2.45, 2.75) is 13.0 Å². The fraction of sp³-hybridized carbons (Fsp3) is 0.143. The molecule has 0 amide bonds. The minimum absolute atomic E-state index is 0.548. The van der Waals surface area contributed by atoms with Gasteiger partial charge in [-0.05, 0) is 30.2 Å². The minimum atomic E-state index is -0.548. The van der Waals surface area contributed by atoms with Crippen LogP contribution in [-0.4, -0.2) is 5.11 Å². The summed E-state index contributed by atoms with van der Waals surface area (Å²) < 4.78 is 1.02. The molecule has 0 heterocycles. The summed E-state index contributed by atoms with van der Waals surface area (Å²) in [6.45, 7) is 2.04. The van der Waals surface area contributed by atoms with Crippen molar-refractivity contribution < 1.29 is 5.11 Å². The van der Waals surface area contributed by atoms with Crippen LogP contribution >= 0.6 is 15.9 Å². The topological polar surface area (TPSA) is 20.2 Å². The van der Waals surface area contributed by atoms with Gasteiger partial charge in [0.1, 0.15) is 6.10 Å². The summed E-state index contributed by atoms with van der Waals surface area (Å²) in [4.78, 5) is 0. The molecule has 82 valence electrons. The molecule has 2 aromatic rings. The molecule has 2 heteroatoms. The fourth-order valence-corrected chi connectivity index (χ4v) is 1.85. The van der Waals surface area contributed by atoms with Gasteiger partial charge in [-0.2, -0.15) is 0 Å². The highest BCUT2D eigenvalue weighted by Gasteiger charge is 2.09. The second-order valence-corrected chi connectivity index (χ2v) is 4.78. The first-order valence-corrected chi connectivity index (χ1v) is 5.96. The molecule has 0 spiro atoms. The lowest BCUT2D eigenvalue weighted by Gasteiger charge is -2.11. The lowest BCUT2D eigenvalue weighted by Crippen LogP contribution is -1.99. The first kappa shape index (κ1) is 11.4. The Hall–Kier alpha value is -1.12. The fourth-order valence-electron chi connectivity index (χ4n) is 1.59. The van der Waals surface area contributed by atoms with Crippen LogP contribution in [0.25, 0.3) is 0 Å². The summed E-state index contributed by atoms with van der Waals surface area (Å²) in [5.74, 6) is 0. The van der Waals surface area contributed by atoms with Crippen LogP contribution in [0.15, 0.2) is 53.0 Å². The second kappa shape index (κ2) is 4.81. The highest BCUT2D eigenvalue weighted by Crippen LogP contribution is 2.23. The van der Waals surface area contributed by atoms with Crippen LogP contribution in [0.3, 0.4) is 0 Å². The van der Waals surface area contributed by atoms with Gasteiger partial charge in [0.15, 0.2) is 0 Å². The van der Waals surface area contributed by atoms with Crippen LogP contribution in [-0.2, 0) is 0 Å². The largest absolute Gasteiger partial charge is 0.384 e. The Morgan fingerprint density at radius 2 is 1.31 bits per heavy atom. The van der Waals surface area contributed by atoms with E-state index >= 15 is 0 Å². The smallest absolute Gasteiger partial charge is 0.104 e. The Morgan fingerprint density at radius 3 is 1.81 bits per heavy atom. The van der Waals surface area contributed by atoms with Crippen molar-refractivity contribution in [2.24, 2.45) is 0 Å². The molecule has 16 heavy (non-hydrogen) atoms. The molecular weight excluding hydrogens is 264 g/mol. The van der Waals surface area contributed by atoms with Gasteiger partial charge in [-0.1, -0.05) is 57.9 Å². The summed E-state index contributed by atoms with van der Waals surface area (Å²) in [5.41, 5.74) is 3.03. The van der Waals surface area contributed by atoms with E-state index in [9.17, 15) is 5.11 Å². The Balaban J connectivity index is 2.28. The number of hydrogen-bond donors (Lipinski definition) is 1. The van der Waals surface area contributed by atoms with Gasteiger partial charge in [-0.3, -0.25) is 0 Å². The van der Waals surface area contributed by atoms with Crippen molar-refractivity contribution in [1.82, 2.24) is 0 Å². The summed E-state index contributed by atoms with van der Waals surface area (Å²) >= 11 is 3.38. The maximum absolute atomic E-state index is 10.2. The van der Waals surface area contributed by atoms with Gasteiger partial charge in [0, 0.05) is 4.47 Å². The van der Waals surface area contributed by atoms with Crippen molar-refractivity contribution in [3.05, 3.63) is 69.7 Å². The molecule has 1 atom stereocenters. The third-order valence-corrected chi connectivity index (χ3v) is 3.11. The Bertz CT molecular complexity index is 414. The van der Waals surface area contributed by atoms with Crippen LogP contribution in [0.2, 0.25) is 0 Å². The van der Waals surface area contributed by atoms with E-state index in [1.807, 2.05) is 55.5 Å². The molecule has 0 aliphatic rings. The molecule has 0 fully saturated rings. The van der Waals surface area contributed by atoms with Gasteiger partial charge in [-0.15, -0.1) is 0 Å². The number of aliphatic hydroxyl groups is 1.